The summed E-state index contributed by atoms with van der Waals surface area (Å²) in [6.45, 7) is 2.27. The largest absolute Gasteiger partial charge is 0.494 e. The van der Waals surface area contributed by atoms with Crippen LogP contribution in [-0.2, 0) is 20.7 Å². The van der Waals surface area contributed by atoms with E-state index in [9.17, 15) is 9.59 Å². The SMILES string of the molecule is C[C@@](N)(CCc1ccc(-c2cccc(OCCC3CCCCC3)c2)o1)COC(=O)C(=O)O. The molecule has 1 fully saturated rings. The van der Waals surface area contributed by atoms with Crippen LogP contribution >= 0.6 is 0 Å². The van der Waals surface area contributed by atoms with Gasteiger partial charge >= 0.3 is 11.9 Å². The van der Waals surface area contributed by atoms with Crippen molar-refractivity contribution in [1.82, 2.24) is 0 Å². The van der Waals surface area contributed by atoms with Crippen LogP contribution in [0.3, 0.4) is 0 Å². The molecule has 1 saturated carbocycles. The molecule has 1 aromatic carbocycles. The molecule has 174 valence electrons. The lowest BCUT2D eigenvalue weighted by atomic mass is 9.87. The van der Waals surface area contributed by atoms with Crippen LogP contribution in [0.15, 0.2) is 40.8 Å². The van der Waals surface area contributed by atoms with Crippen molar-refractivity contribution in [3.63, 3.8) is 0 Å². The summed E-state index contributed by atoms with van der Waals surface area (Å²) >= 11 is 0. The monoisotopic (exact) mass is 443 g/mol. The predicted molar refractivity (Wildman–Crippen MR) is 120 cm³/mol. The smallest absolute Gasteiger partial charge is 0.417 e. The van der Waals surface area contributed by atoms with E-state index in [1.54, 1.807) is 6.92 Å². The van der Waals surface area contributed by atoms with Crippen LogP contribution in [0.4, 0.5) is 0 Å². The third-order valence-corrected chi connectivity index (χ3v) is 5.95. The maximum Gasteiger partial charge on any atom is 0.417 e. The standard InChI is InChI=1S/C25H33NO6/c1-25(26,17-31-24(29)23(27)28)14-12-20-10-11-22(32-20)19-8-5-9-21(16-19)30-15-13-18-6-3-2-4-7-18/h5,8-11,16,18H,2-4,6-7,12-15,17,26H2,1H3,(H,27,28)/t25-/m1/s1. The van der Waals surface area contributed by atoms with Gasteiger partial charge in [-0.1, -0.05) is 44.2 Å². The highest BCUT2D eigenvalue weighted by Crippen LogP contribution is 2.29. The van der Waals surface area contributed by atoms with Crippen LogP contribution in [0.2, 0.25) is 0 Å². The van der Waals surface area contributed by atoms with Crippen LogP contribution < -0.4 is 10.5 Å². The second-order valence-corrected chi connectivity index (χ2v) is 8.97. The van der Waals surface area contributed by atoms with E-state index >= 15 is 0 Å². The predicted octanol–water partition coefficient (Wildman–Crippen LogP) is 4.57. The zero-order chi connectivity index (χ0) is 23.0. The molecule has 3 rings (SSSR count). The van der Waals surface area contributed by atoms with Crippen LogP contribution in [0.5, 0.6) is 5.75 Å². The Labute approximate surface area is 188 Å². The minimum atomic E-state index is -1.63. The molecule has 0 unspecified atom stereocenters. The van der Waals surface area contributed by atoms with Crippen molar-refractivity contribution in [2.45, 2.75) is 63.8 Å². The first-order valence-electron chi connectivity index (χ1n) is 11.3. The van der Waals surface area contributed by atoms with Crippen molar-refractivity contribution < 1.29 is 28.6 Å². The minimum Gasteiger partial charge on any atom is -0.494 e. The first-order chi connectivity index (χ1) is 15.3. The molecule has 2 aromatic rings. The number of carboxylic acid groups (broad SMARTS) is 1. The maximum atomic E-state index is 11.1. The van der Waals surface area contributed by atoms with E-state index in [0.717, 1.165) is 41.8 Å². The summed E-state index contributed by atoms with van der Waals surface area (Å²) in [5.74, 6) is 0.199. The molecule has 7 nitrogen and oxygen atoms in total. The van der Waals surface area contributed by atoms with Crippen molar-refractivity contribution >= 4 is 11.9 Å². The van der Waals surface area contributed by atoms with Crippen LogP contribution in [0.1, 0.15) is 57.6 Å². The number of aliphatic carboxylic acids is 1. The van der Waals surface area contributed by atoms with Gasteiger partial charge in [0.1, 0.15) is 23.9 Å². The Balaban J connectivity index is 1.49. The van der Waals surface area contributed by atoms with E-state index < -0.39 is 17.5 Å². The number of ether oxygens (including phenoxy) is 2. The number of carbonyl (C=O) groups excluding carboxylic acids is 1. The van der Waals surface area contributed by atoms with E-state index in [1.807, 2.05) is 36.4 Å². The molecule has 0 radical (unpaired) electrons. The van der Waals surface area contributed by atoms with Gasteiger partial charge in [0, 0.05) is 17.5 Å². The Kier molecular flexibility index (Phi) is 8.33. The van der Waals surface area contributed by atoms with Crippen LogP contribution in [-0.4, -0.2) is 35.8 Å². The average molecular weight is 444 g/mol. The van der Waals surface area contributed by atoms with Gasteiger partial charge in [-0.15, -0.1) is 0 Å². The number of esters is 1. The van der Waals surface area contributed by atoms with Gasteiger partial charge in [-0.2, -0.15) is 0 Å². The van der Waals surface area contributed by atoms with Gasteiger partial charge in [0.2, 0.25) is 0 Å². The Hall–Kier alpha value is -2.80. The molecule has 32 heavy (non-hydrogen) atoms. The quantitative estimate of drug-likeness (QED) is 0.408. The number of carboxylic acids is 1. The van der Waals surface area contributed by atoms with Gasteiger partial charge in [0.15, 0.2) is 0 Å². The molecule has 3 N–H and O–H groups in total. The molecule has 1 heterocycles. The Morgan fingerprint density at radius 2 is 1.97 bits per heavy atom. The molecule has 1 aliphatic carbocycles. The summed E-state index contributed by atoms with van der Waals surface area (Å²) in [4.78, 5) is 21.6. The molecule has 0 amide bonds. The fraction of sp³-hybridized carbons (Fsp3) is 0.520. The van der Waals surface area contributed by atoms with Crippen LogP contribution in [0, 0.1) is 5.92 Å². The number of nitrogens with two attached hydrogens (primary N) is 1. The topological polar surface area (TPSA) is 112 Å². The number of hydrogen-bond acceptors (Lipinski definition) is 6. The van der Waals surface area contributed by atoms with E-state index in [-0.39, 0.29) is 6.61 Å². The summed E-state index contributed by atoms with van der Waals surface area (Å²) in [7, 11) is 0. The third-order valence-electron chi connectivity index (χ3n) is 5.95. The number of furan rings is 1. The molecule has 0 saturated heterocycles. The molecule has 0 spiro atoms. The number of hydrogen-bond donors (Lipinski definition) is 2. The van der Waals surface area contributed by atoms with E-state index in [1.165, 1.54) is 32.1 Å². The average Bonchev–Trinajstić information content (AvgIpc) is 3.26. The number of aryl methyl sites for hydroxylation is 1. The fourth-order valence-corrected chi connectivity index (χ4v) is 4.00. The molecular formula is C25H33NO6. The summed E-state index contributed by atoms with van der Waals surface area (Å²) in [5.41, 5.74) is 6.21. The molecule has 0 bridgehead atoms. The van der Waals surface area contributed by atoms with Gasteiger partial charge in [0.25, 0.3) is 0 Å². The highest BCUT2D eigenvalue weighted by molar-refractivity contribution is 6.28. The number of carbonyl (C=O) groups is 2. The zero-order valence-corrected chi connectivity index (χ0v) is 18.7. The van der Waals surface area contributed by atoms with Gasteiger partial charge in [-0.25, -0.2) is 9.59 Å². The van der Waals surface area contributed by atoms with E-state index in [0.29, 0.717) is 12.8 Å². The fourth-order valence-electron chi connectivity index (χ4n) is 4.00. The number of rotatable bonds is 10. The Bertz CT molecular complexity index is 897. The summed E-state index contributed by atoms with van der Waals surface area (Å²) in [6, 6.07) is 11.7. The van der Waals surface area contributed by atoms with Crippen molar-refractivity contribution in [1.29, 1.82) is 0 Å². The first-order valence-corrected chi connectivity index (χ1v) is 11.3. The van der Waals surface area contributed by atoms with E-state index in [2.05, 4.69) is 0 Å². The molecule has 1 atom stereocenters. The van der Waals surface area contributed by atoms with Gasteiger partial charge < -0.3 is 24.7 Å². The van der Waals surface area contributed by atoms with Gasteiger partial charge in [-0.3, -0.25) is 0 Å². The van der Waals surface area contributed by atoms with Crippen molar-refractivity contribution in [3.05, 3.63) is 42.2 Å². The third kappa shape index (κ3) is 7.41. The molecule has 1 aromatic heterocycles. The minimum absolute atomic E-state index is 0.175. The lowest BCUT2D eigenvalue weighted by Gasteiger charge is -2.23. The molecular weight excluding hydrogens is 410 g/mol. The van der Waals surface area contributed by atoms with Crippen LogP contribution in [0.25, 0.3) is 11.3 Å². The normalized spacial score (nSPS) is 16.3. The zero-order valence-electron chi connectivity index (χ0n) is 18.7. The lowest BCUT2D eigenvalue weighted by Crippen LogP contribution is -2.43. The van der Waals surface area contributed by atoms with Gasteiger partial charge in [0.05, 0.1) is 6.61 Å². The van der Waals surface area contributed by atoms with E-state index in [4.69, 9.17) is 24.7 Å². The molecule has 0 aliphatic heterocycles. The van der Waals surface area contributed by atoms with Gasteiger partial charge in [-0.05, 0) is 49.9 Å². The molecule has 7 heteroatoms. The van der Waals surface area contributed by atoms with Crippen molar-refractivity contribution in [2.24, 2.45) is 11.7 Å². The Morgan fingerprint density at radius 1 is 1.19 bits per heavy atom. The second kappa shape index (κ2) is 11.2. The highest BCUT2D eigenvalue weighted by Gasteiger charge is 2.24. The number of benzene rings is 1. The molecule has 1 aliphatic rings. The highest BCUT2D eigenvalue weighted by atomic mass is 16.6. The second-order valence-electron chi connectivity index (χ2n) is 8.97. The first kappa shape index (κ1) is 23.9. The Morgan fingerprint density at radius 3 is 2.72 bits per heavy atom. The maximum absolute atomic E-state index is 11.1. The lowest BCUT2D eigenvalue weighted by molar-refractivity contribution is -0.164. The summed E-state index contributed by atoms with van der Waals surface area (Å²) in [5, 5.41) is 8.59. The summed E-state index contributed by atoms with van der Waals surface area (Å²) in [6.07, 6.45) is 8.81. The summed E-state index contributed by atoms with van der Waals surface area (Å²) < 4.78 is 16.7. The van der Waals surface area contributed by atoms with Crippen molar-refractivity contribution in [2.75, 3.05) is 13.2 Å². The van der Waals surface area contributed by atoms with Crippen molar-refractivity contribution in [3.8, 4) is 17.1 Å².